The molecular weight excluding hydrogens is 320 g/mol. The summed E-state index contributed by atoms with van der Waals surface area (Å²) in [6, 6.07) is 26.4. The topological polar surface area (TPSA) is 41.7 Å². The van der Waals surface area contributed by atoms with Crippen LogP contribution in [0, 0.1) is 6.92 Å². The third-order valence-corrected chi connectivity index (χ3v) is 4.13. The van der Waals surface area contributed by atoms with E-state index in [1.54, 1.807) is 6.20 Å². The summed E-state index contributed by atoms with van der Waals surface area (Å²) in [5.74, 6) is 0. The van der Waals surface area contributed by atoms with Gasteiger partial charge in [-0.3, -0.25) is 5.43 Å². The van der Waals surface area contributed by atoms with E-state index < -0.39 is 0 Å². The van der Waals surface area contributed by atoms with Crippen LogP contribution in [0.15, 0.2) is 90.2 Å². The van der Waals surface area contributed by atoms with Gasteiger partial charge >= 0.3 is 0 Å². The monoisotopic (exact) mass is 342 g/mol. The van der Waals surface area contributed by atoms with Crippen LogP contribution in [0.1, 0.15) is 24.2 Å². The van der Waals surface area contributed by atoms with Crippen LogP contribution in [0.25, 0.3) is 5.52 Å². The van der Waals surface area contributed by atoms with Gasteiger partial charge < -0.3 is 0 Å². The summed E-state index contributed by atoms with van der Waals surface area (Å²) in [6.45, 7) is 2.03. The third kappa shape index (κ3) is 3.35. The third-order valence-electron chi connectivity index (χ3n) is 4.13. The predicted molar refractivity (Wildman–Crippen MR) is 109 cm³/mol. The molecule has 1 N–H and O–H groups in total. The van der Waals surface area contributed by atoms with Gasteiger partial charge in [0.15, 0.2) is 0 Å². The predicted octanol–water partition coefficient (Wildman–Crippen LogP) is 5.14. The van der Waals surface area contributed by atoms with Gasteiger partial charge in [0.1, 0.15) is 0 Å². The maximum absolute atomic E-state index is 4.72. The summed E-state index contributed by atoms with van der Waals surface area (Å²) in [7, 11) is 0. The molecule has 0 aliphatic heterocycles. The van der Waals surface area contributed by atoms with Crippen LogP contribution in [0.5, 0.6) is 0 Å². The summed E-state index contributed by atoms with van der Waals surface area (Å²) in [5, 5.41) is 9.07. The van der Waals surface area contributed by atoms with Crippen LogP contribution >= 0.6 is 0 Å². The zero-order valence-electron chi connectivity index (χ0n) is 13.9. The molecule has 0 saturated heterocycles. The standard InChI is InChI=1S/C21H18N4.CH4/c1-16-12-13-19(20-14-15-22-25(16)20)23-24-21(17-8-4-2-5-9-17)18-10-6-3-7-11-18;/h2-15,23H,1H3;1H4. The minimum Gasteiger partial charge on any atom is -0.276 e. The fraction of sp³-hybridized carbons (Fsp3) is 0.0909. The highest BCUT2D eigenvalue weighted by Gasteiger charge is 2.08. The lowest BCUT2D eigenvalue weighted by molar-refractivity contribution is 0.914. The van der Waals surface area contributed by atoms with Crippen LogP contribution in [0.2, 0.25) is 0 Å². The number of nitrogens with one attached hydrogen (secondary N) is 1. The van der Waals surface area contributed by atoms with E-state index in [-0.39, 0.29) is 7.43 Å². The molecule has 2 heterocycles. The Hall–Kier alpha value is -3.40. The Morgan fingerprint density at radius 1 is 0.846 bits per heavy atom. The molecule has 0 unspecified atom stereocenters. The summed E-state index contributed by atoms with van der Waals surface area (Å²) >= 11 is 0. The molecule has 0 spiro atoms. The molecule has 2 aromatic heterocycles. The summed E-state index contributed by atoms with van der Waals surface area (Å²) in [4.78, 5) is 0. The molecule has 0 fully saturated rings. The first-order valence-corrected chi connectivity index (χ1v) is 8.21. The number of hydrazone groups is 1. The van der Waals surface area contributed by atoms with Gasteiger partial charge in [0.05, 0.1) is 23.1 Å². The highest BCUT2D eigenvalue weighted by atomic mass is 15.3. The average Bonchev–Trinajstić information content (AvgIpc) is 3.16. The van der Waals surface area contributed by atoms with Crippen molar-refractivity contribution in [1.82, 2.24) is 9.61 Å². The largest absolute Gasteiger partial charge is 0.276 e. The van der Waals surface area contributed by atoms with Gasteiger partial charge in [-0.15, -0.1) is 0 Å². The molecule has 4 rings (SSSR count). The molecule has 26 heavy (non-hydrogen) atoms. The van der Waals surface area contributed by atoms with Crippen LogP contribution < -0.4 is 5.43 Å². The molecule has 4 heteroatoms. The second-order valence-electron chi connectivity index (χ2n) is 5.82. The number of benzene rings is 2. The highest BCUT2D eigenvalue weighted by molar-refractivity contribution is 6.13. The van der Waals surface area contributed by atoms with Crippen LogP contribution in [0.3, 0.4) is 0 Å². The summed E-state index contributed by atoms with van der Waals surface area (Å²) < 4.78 is 1.91. The first-order chi connectivity index (χ1) is 12.3. The Kier molecular flexibility index (Phi) is 5.13. The number of nitrogens with zero attached hydrogens (tertiary/aromatic N) is 3. The van der Waals surface area contributed by atoms with Gasteiger partial charge in [-0.05, 0) is 25.1 Å². The van der Waals surface area contributed by atoms with E-state index in [2.05, 4.69) is 34.8 Å². The van der Waals surface area contributed by atoms with Crippen LogP contribution in [0.4, 0.5) is 5.69 Å². The van der Waals surface area contributed by atoms with Gasteiger partial charge in [0.2, 0.25) is 0 Å². The van der Waals surface area contributed by atoms with E-state index in [1.165, 1.54) is 0 Å². The van der Waals surface area contributed by atoms with Crippen molar-refractivity contribution in [1.29, 1.82) is 0 Å². The van der Waals surface area contributed by atoms with Gasteiger partial charge in [0.25, 0.3) is 0 Å². The normalized spacial score (nSPS) is 10.2. The van der Waals surface area contributed by atoms with Crippen molar-refractivity contribution in [2.75, 3.05) is 5.43 Å². The molecule has 2 aromatic carbocycles. The van der Waals surface area contributed by atoms with E-state index in [1.807, 2.05) is 66.0 Å². The number of rotatable bonds is 4. The van der Waals surface area contributed by atoms with Crippen molar-refractivity contribution in [3.8, 4) is 0 Å². The van der Waals surface area contributed by atoms with Crippen molar-refractivity contribution >= 4 is 16.9 Å². The van der Waals surface area contributed by atoms with Crippen molar-refractivity contribution in [2.45, 2.75) is 14.4 Å². The maximum atomic E-state index is 4.72. The second-order valence-corrected chi connectivity index (χ2v) is 5.82. The Morgan fingerprint density at radius 2 is 1.46 bits per heavy atom. The lowest BCUT2D eigenvalue weighted by Crippen LogP contribution is -2.07. The van der Waals surface area contributed by atoms with Crippen molar-refractivity contribution in [3.63, 3.8) is 0 Å². The van der Waals surface area contributed by atoms with Gasteiger partial charge in [-0.2, -0.15) is 10.2 Å². The number of pyridine rings is 1. The number of aromatic nitrogens is 2. The zero-order valence-corrected chi connectivity index (χ0v) is 13.9. The SMILES string of the molecule is C.Cc1ccc(NN=C(c2ccccc2)c2ccccc2)c2ccnn12. The minimum atomic E-state index is 0. The van der Waals surface area contributed by atoms with Gasteiger partial charge in [-0.1, -0.05) is 68.1 Å². The van der Waals surface area contributed by atoms with Gasteiger partial charge in [-0.25, -0.2) is 4.52 Å². The molecule has 130 valence electrons. The lowest BCUT2D eigenvalue weighted by Gasteiger charge is -2.10. The van der Waals surface area contributed by atoms with Crippen LogP contribution in [-0.2, 0) is 0 Å². The number of hydrogen-bond donors (Lipinski definition) is 1. The smallest absolute Gasteiger partial charge is 0.0977 e. The molecule has 0 aliphatic rings. The quantitative estimate of drug-likeness (QED) is 0.412. The molecule has 0 radical (unpaired) electrons. The van der Waals surface area contributed by atoms with Crippen molar-refractivity contribution in [2.24, 2.45) is 5.10 Å². The van der Waals surface area contributed by atoms with E-state index in [9.17, 15) is 0 Å². The molecule has 0 saturated carbocycles. The second kappa shape index (κ2) is 7.66. The molecule has 0 aliphatic carbocycles. The summed E-state index contributed by atoms with van der Waals surface area (Å²) in [6.07, 6.45) is 1.80. The minimum absolute atomic E-state index is 0. The molecule has 0 atom stereocenters. The number of hydrogen-bond acceptors (Lipinski definition) is 3. The van der Waals surface area contributed by atoms with Gasteiger partial charge in [0, 0.05) is 16.8 Å². The maximum Gasteiger partial charge on any atom is 0.0977 e. The number of anilines is 1. The van der Waals surface area contributed by atoms with Crippen molar-refractivity contribution in [3.05, 3.63) is 102 Å². The molecule has 4 aromatic rings. The molecular formula is C22H22N4. The number of fused-ring (bicyclic) bond motifs is 1. The first-order valence-electron chi connectivity index (χ1n) is 8.21. The molecule has 0 amide bonds. The fourth-order valence-corrected chi connectivity index (χ4v) is 2.85. The fourth-order valence-electron chi connectivity index (χ4n) is 2.85. The Morgan fingerprint density at radius 3 is 2.08 bits per heavy atom. The van der Waals surface area contributed by atoms with Crippen molar-refractivity contribution < 1.29 is 0 Å². The average molecular weight is 342 g/mol. The van der Waals surface area contributed by atoms with E-state index in [0.29, 0.717) is 0 Å². The molecule has 4 nitrogen and oxygen atoms in total. The Bertz CT molecular complexity index is 976. The molecule has 0 bridgehead atoms. The Labute approximate surface area is 153 Å². The van der Waals surface area contributed by atoms with E-state index in [4.69, 9.17) is 5.10 Å². The first kappa shape index (κ1) is 17.4. The summed E-state index contributed by atoms with van der Waals surface area (Å²) in [5.41, 5.74) is 9.27. The van der Waals surface area contributed by atoms with Crippen LogP contribution in [-0.4, -0.2) is 15.3 Å². The van der Waals surface area contributed by atoms with E-state index >= 15 is 0 Å². The Balaban J connectivity index is 0.00000196. The lowest BCUT2D eigenvalue weighted by atomic mass is 10.0. The zero-order chi connectivity index (χ0) is 17.1. The highest BCUT2D eigenvalue weighted by Crippen LogP contribution is 2.19. The number of aryl methyl sites for hydroxylation is 1. The van der Waals surface area contributed by atoms with E-state index in [0.717, 1.165) is 33.7 Å².